The molecule has 0 atom stereocenters. The number of hydrogen-bond donors (Lipinski definition) is 0. The van der Waals surface area contributed by atoms with Gasteiger partial charge in [-0.1, -0.05) is 12.1 Å². The molecule has 0 radical (unpaired) electrons. The van der Waals surface area contributed by atoms with Crippen LogP contribution in [0.15, 0.2) is 48.5 Å². The van der Waals surface area contributed by atoms with Crippen LogP contribution in [0, 0.1) is 11.7 Å². The van der Waals surface area contributed by atoms with Crippen molar-refractivity contribution < 1.29 is 13.9 Å². The maximum atomic E-state index is 13.3. The first kappa shape index (κ1) is 20.3. The molecule has 5 heteroatoms. The van der Waals surface area contributed by atoms with Crippen LogP contribution < -0.4 is 4.74 Å². The molecule has 2 aromatic carbocycles. The summed E-state index contributed by atoms with van der Waals surface area (Å²) >= 11 is 0. The van der Waals surface area contributed by atoms with E-state index in [2.05, 4.69) is 11.9 Å². The smallest absolute Gasteiger partial charge is 0.253 e. The van der Waals surface area contributed by atoms with Crippen LogP contribution >= 0.6 is 0 Å². The molecule has 3 rings (SSSR count). The fraction of sp³-hybridized carbons (Fsp3) is 0.435. The first-order chi connectivity index (χ1) is 13.5. The molecule has 1 heterocycles. The Bertz CT molecular complexity index is 753. The molecule has 28 heavy (non-hydrogen) atoms. The van der Waals surface area contributed by atoms with E-state index in [1.54, 1.807) is 19.2 Å². The number of methoxy groups -OCH3 is 1. The van der Waals surface area contributed by atoms with Gasteiger partial charge in [-0.15, -0.1) is 0 Å². The Morgan fingerprint density at radius 1 is 1.11 bits per heavy atom. The molecule has 0 aliphatic carbocycles. The minimum atomic E-state index is -0.323. The van der Waals surface area contributed by atoms with E-state index < -0.39 is 0 Å². The summed E-state index contributed by atoms with van der Waals surface area (Å²) in [7, 11) is 3.79. The summed E-state index contributed by atoms with van der Waals surface area (Å²) in [5.74, 6) is 0.995. The molecule has 1 aliphatic heterocycles. The molecule has 1 fully saturated rings. The van der Waals surface area contributed by atoms with E-state index in [1.165, 1.54) is 17.7 Å². The normalized spacial score (nSPS) is 15.4. The van der Waals surface area contributed by atoms with Crippen LogP contribution in [0.2, 0.25) is 0 Å². The van der Waals surface area contributed by atoms with Crippen molar-refractivity contribution in [1.29, 1.82) is 0 Å². The number of hydrogen-bond acceptors (Lipinski definition) is 3. The molecule has 0 bridgehead atoms. The highest BCUT2D eigenvalue weighted by Crippen LogP contribution is 2.20. The van der Waals surface area contributed by atoms with Crippen LogP contribution in [0.3, 0.4) is 0 Å². The highest BCUT2D eigenvalue weighted by atomic mass is 19.1. The van der Waals surface area contributed by atoms with E-state index in [-0.39, 0.29) is 11.7 Å². The maximum Gasteiger partial charge on any atom is 0.253 e. The topological polar surface area (TPSA) is 32.8 Å². The van der Waals surface area contributed by atoms with Gasteiger partial charge in [-0.2, -0.15) is 0 Å². The minimum Gasteiger partial charge on any atom is -0.497 e. The fourth-order valence-corrected chi connectivity index (χ4v) is 3.66. The third kappa shape index (κ3) is 5.55. The molecular weight excluding hydrogens is 355 g/mol. The lowest BCUT2D eigenvalue weighted by atomic mass is 9.96. The standard InChI is InChI=1S/C23H29FN2O2/c1-25-14-11-19(12-15-25)17-26(23(27)20-5-7-21(24)8-6-20)16-13-18-3-9-22(28-2)10-4-18/h3-10,19H,11-17H2,1-2H3. The number of amides is 1. The summed E-state index contributed by atoms with van der Waals surface area (Å²) in [5, 5.41) is 0. The Balaban J connectivity index is 1.69. The number of carbonyl (C=O) groups excluding carboxylic acids is 1. The Hall–Kier alpha value is -2.40. The summed E-state index contributed by atoms with van der Waals surface area (Å²) in [4.78, 5) is 17.4. The van der Waals surface area contributed by atoms with Gasteiger partial charge in [0.2, 0.25) is 0 Å². The van der Waals surface area contributed by atoms with Crippen LogP contribution in [-0.4, -0.2) is 56.0 Å². The number of benzene rings is 2. The van der Waals surface area contributed by atoms with Gasteiger partial charge < -0.3 is 14.5 Å². The van der Waals surface area contributed by atoms with E-state index in [9.17, 15) is 9.18 Å². The number of ether oxygens (including phenoxy) is 1. The average Bonchev–Trinajstić information content (AvgIpc) is 2.73. The van der Waals surface area contributed by atoms with Crippen molar-refractivity contribution in [3.63, 3.8) is 0 Å². The van der Waals surface area contributed by atoms with Crippen molar-refractivity contribution in [2.45, 2.75) is 19.3 Å². The largest absolute Gasteiger partial charge is 0.497 e. The first-order valence-corrected chi connectivity index (χ1v) is 9.91. The highest BCUT2D eigenvalue weighted by Gasteiger charge is 2.23. The lowest BCUT2D eigenvalue weighted by Gasteiger charge is -2.33. The second kappa shape index (κ2) is 9.69. The van der Waals surface area contributed by atoms with Gasteiger partial charge in [0, 0.05) is 18.7 Å². The van der Waals surface area contributed by atoms with Gasteiger partial charge in [0.05, 0.1) is 7.11 Å². The maximum absolute atomic E-state index is 13.3. The number of halogens is 1. The number of likely N-dealkylation sites (tertiary alicyclic amines) is 1. The predicted molar refractivity (Wildman–Crippen MR) is 109 cm³/mol. The van der Waals surface area contributed by atoms with Crippen molar-refractivity contribution >= 4 is 5.91 Å². The molecular formula is C23H29FN2O2. The van der Waals surface area contributed by atoms with Gasteiger partial charge >= 0.3 is 0 Å². The van der Waals surface area contributed by atoms with E-state index in [0.29, 0.717) is 18.0 Å². The SMILES string of the molecule is COc1ccc(CCN(CC2CCN(C)CC2)C(=O)c2ccc(F)cc2)cc1. The monoisotopic (exact) mass is 384 g/mol. The summed E-state index contributed by atoms with van der Waals surface area (Å²) < 4.78 is 18.5. The Labute approximate surface area is 166 Å². The van der Waals surface area contributed by atoms with Crippen LogP contribution in [0.5, 0.6) is 5.75 Å². The lowest BCUT2D eigenvalue weighted by Crippen LogP contribution is -2.40. The molecule has 1 saturated heterocycles. The quantitative estimate of drug-likeness (QED) is 0.727. The first-order valence-electron chi connectivity index (χ1n) is 9.91. The number of carbonyl (C=O) groups is 1. The van der Waals surface area contributed by atoms with Crippen molar-refractivity contribution in [3.05, 3.63) is 65.5 Å². The number of nitrogens with zero attached hydrogens (tertiary/aromatic N) is 2. The zero-order chi connectivity index (χ0) is 19.9. The van der Waals surface area contributed by atoms with Crippen molar-refractivity contribution in [2.75, 3.05) is 40.3 Å². The fourth-order valence-electron chi connectivity index (χ4n) is 3.66. The van der Waals surface area contributed by atoms with Gasteiger partial charge in [-0.3, -0.25) is 4.79 Å². The molecule has 150 valence electrons. The molecule has 4 nitrogen and oxygen atoms in total. The highest BCUT2D eigenvalue weighted by molar-refractivity contribution is 5.94. The Morgan fingerprint density at radius 2 is 1.75 bits per heavy atom. The third-order valence-electron chi connectivity index (χ3n) is 5.52. The molecule has 0 spiro atoms. The van der Waals surface area contributed by atoms with E-state index >= 15 is 0 Å². The summed E-state index contributed by atoms with van der Waals surface area (Å²) in [6, 6.07) is 13.8. The molecule has 1 aliphatic rings. The van der Waals surface area contributed by atoms with Gasteiger partial charge in [-0.25, -0.2) is 4.39 Å². The number of rotatable bonds is 7. The van der Waals surface area contributed by atoms with Crippen LogP contribution in [0.1, 0.15) is 28.8 Å². The van der Waals surface area contributed by atoms with Gasteiger partial charge in [-0.05, 0) is 87.3 Å². The molecule has 0 saturated carbocycles. The summed E-state index contributed by atoms with van der Waals surface area (Å²) in [5.41, 5.74) is 1.71. The summed E-state index contributed by atoms with van der Waals surface area (Å²) in [6.45, 7) is 3.54. The number of piperidine rings is 1. The van der Waals surface area contributed by atoms with Crippen molar-refractivity contribution in [2.24, 2.45) is 5.92 Å². The zero-order valence-electron chi connectivity index (χ0n) is 16.7. The second-order valence-corrected chi connectivity index (χ2v) is 7.60. The Kier molecular flexibility index (Phi) is 7.04. The van der Waals surface area contributed by atoms with Crippen LogP contribution in [-0.2, 0) is 6.42 Å². The zero-order valence-corrected chi connectivity index (χ0v) is 16.7. The summed E-state index contributed by atoms with van der Waals surface area (Å²) in [6.07, 6.45) is 2.99. The van der Waals surface area contributed by atoms with Crippen molar-refractivity contribution in [1.82, 2.24) is 9.80 Å². The second-order valence-electron chi connectivity index (χ2n) is 7.60. The van der Waals surface area contributed by atoms with Crippen molar-refractivity contribution in [3.8, 4) is 5.75 Å². The molecule has 1 amide bonds. The minimum absolute atomic E-state index is 0.0209. The average molecular weight is 384 g/mol. The molecule has 0 unspecified atom stereocenters. The molecule has 2 aromatic rings. The lowest BCUT2D eigenvalue weighted by molar-refractivity contribution is 0.0700. The van der Waals surface area contributed by atoms with E-state index in [4.69, 9.17) is 4.74 Å². The molecule has 0 N–H and O–H groups in total. The van der Waals surface area contributed by atoms with E-state index in [1.807, 2.05) is 29.2 Å². The van der Waals surface area contributed by atoms with Gasteiger partial charge in [0.25, 0.3) is 5.91 Å². The van der Waals surface area contributed by atoms with Gasteiger partial charge in [0.1, 0.15) is 11.6 Å². The Morgan fingerprint density at radius 3 is 2.36 bits per heavy atom. The molecule has 0 aromatic heterocycles. The van der Waals surface area contributed by atoms with Gasteiger partial charge in [0.15, 0.2) is 0 Å². The van der Waals surface area contributed by atoms with Crippen LogP contribution in [0.25, 0.3) is 0 Å². The van der Waals surface area contributed by atoms with E-state index in [0.717, 1.165) is 44.6 Å². The predicted octanol–water partition coefficient (Wildman–Crippen LogP) is 3.86. The van der Waals surface area contributed by atoms with Crippen LogP contribution in [0.4, 0.5) is 4.39 Å². The third-order valence-corrected chi connectivity index (χ3v) is 5.52.